The van der Waals surface area contributed by atoms with Crippen molar-refractivity contribution in [1.29, 1.82) is 0 Å². The molecule has 0 aliphatic rings. The van der Waals surface area contributed by atoms with Crippen molar-refractivity contribution in [3.63, 3.8) is 0 Å². The molecule has 0 aliphatic heterocycles. The predicted molar refractivity (Wildman–Crippen MR) is 78.8 cm³/mol. The van der Waals surface area contributed by atoms with Gasteiger partial charge in [-0.3, -0.25) is 4.79 Å². The van der Waals surface area contributed by atoms with E-state index in [1.54, 1.807) is 0 Å². The first-order chi connectivity index (χ1) is 8.29. The van der Waals surface area contributed by atoms with Crippen molar-refractivity contribution in [3.05, 3.63) is 0 Å². The molecule has 114 valence electrons. The summed E-state index contributed by atoms with van der Waals surface area (Å²) in [6.45, 7) is 10.4. The van der Waals surface area contributed by atoms with E-state index in [0.717, 1.165) is 0 Å². The van der Waals surface area contributed by atoms with Gasteiger partial charge < -0.3 is 21.1 Å². The third kappa shape index (κ3) is 5.89. The maximum Gasteiger partial charge on any atom is 0.313 e. The SMILES string of the molecule is CN(C)CCOC(=O)C(C)(CC(C)(C)N)C(C)(C)N. The lowest BCUT2D eigenvalue weighted by Crippen LogP contribution is -2.58. The average Bonchev–Trinajstić information content (AvgIpc) is 2.12. The highest BCUT2D eigenvalue weighted by molar-refractivity contribution is 5.78. The number of nitrogens with two attached hydrogens (primary N) is 2. The summed E-state index contributed by atoms with van der Waals surface area (Å²) in [6, 6.07) is 0. The second kappa shape index (κ2) is 6.20. The summed E-state index contributed by atoms with van der Waals surface area (Å²) in [5.74, 6) is -0.277. The Hall–Kier alpha value is -0.650. The number of rotatable bonds is 7. The normalized spacial score (nSPS) is 16.3. The van der Waals surface area contributed by atoms with Crippen LogP contribution in [-0.4, -0.2) is 49.2 Å². The van der Waals surface area contributed by atoms with E-state index in [-0.39, 0.29) is 5.97 Å². The van der Waals surface area contributed by atoms with Crippen molar-refractivity contribution in [2.45, 2.75) is 52.1 Å². The third-order valence-electron chi connectivity index (χ3n) is 3.45. The number of hydrogen-bond donors (Lipinski definition) is 2. The van der Waals surface area contributed by atoms with Gasteiger partial charge in [0.15, 0.2) is 0 Å². The quantitative estimate of drug-likeness (QED) is 0.675. The minimum absolute atomic E-state index is 0.277. The zero-order valence-electron chi connectivity index (χ0n) is 13.5. The molecule has 4 N–H and O–H groups in total. The molecule has 0 saturated carbocycles. The van der Waals surface area contributed by atoms with Crippen LogP contribution in [0.3, 0.4) is 0 Å². The first-order valence-corrected chi connectivity index (χ1v) is 6.69. The van der Waals surface area contributed by atoms with Crippen molar-refractivity contribution in [1.82, 2.24) is 4.90 Å². The zero-order valence-corrected chi connectivity index (χ0v) is 13.5. The predicted octanol–water partition coefficient (Wildman–Crippen LogP) is 0.962. The molecule has 0 spiro atoms. The van der Waals surface area contributed by atoms with E-state index >= 15 is 0 Å². The maximum absolute atomic E-state index is 12.4. The first-order valence-electron chi connectivity index (χ1n) is 6.69. The second-order valence-electron chi connectivity index (χ2n) is 7.16. The van der Waals surface area contributed by atoms with E-state index in [1.807, 2.05) is 53.6 Å². The molecule has 0 amide bonds. The Labute approximate surface area is 117 Å². The van der Waals surface area contributed by atoms with Crippen molar-refractivity contribution < 1.29 is 9.53 Å². The minimum atomic E-state index is -0.808. The van der Waals surface area contributed by atoms with Gasteiger partial charge in [0.1, 0.15) is 6.61 Å². The van der Waals surface area contributed by atoms with Crippen LogP contribution in [0.1, 0.15) is 41.0 Å². The average molecular weight is 273 g/mol. The highest BCUT2D eigenvalue weighted by Crippen LogP contribution is 2.37. The summed E-state index contributed by atoms with van der Waals surface area (Å²) in [7, 11) is 3.87. The van der Waals surface area contributed by atoms with Crippen LogP contribution in [0, 0.1) is 5.41 Å². The molecule has 5 heteroatoms. The molecule has 0 aromatic carbocycles. The highest BCUT2D eigenvalue weighted by atomic mass is 16.5. The van der Waals surface area contributed by atoms with Gasteiger partial charge in [0.25, 0.3) is 0 Å². The number of carbonyl (C=O) groups excluding carboxylic acids is 1. The third-order valence-corrected chi connectivity index (χ3v) is 3.45. The number of ether oxygens (including phenoxy) is 1. The minimum Gasteiger partial charge on any atom is -0.464 e. The van der Waals surface area contributed by atoms with Crippen molar-refractivity contribution in [2.75, 3.05) is 27.2 Å². The van der Waals surface area contributed by atoms with Gasteiger partial charge >= 0.3 is 5.97 Å². The summed E-state index contributed by atoms with van der Waals surface area (Å²) in [4.78, 5) is 14.4. The molecule has 0 aliphatic carbocycles. The Balaban J connectivity index is 4.91. The van der Waals surface area contributed by atoms with E-state index in [9.17, 15) is 4.79 Å². The Morgan fingerprint density at radius 2 is 1.58 bits per heavy atom. The van der Waals surface area contributed by atoms with Gasteiger partial charge in [-0.2, -0.15) is 0 Å². The van der Waals surface area contributed by atoms with Gasteiger partial charge in [0.2, 0.25) is 0 Å². The lowest BCUT2D eigenvalue weighted by Gasteiger charge is -2.42. The van der Waals surface area contributed by atoms with Crippen LogP contribution in [-0.2, 0) is 9.53 Å². The van der Waals surface area contributed by atoms with E-state index in [4.69, 9.17) is 16.2 Å². The maximum atomic E-state index is 12.4. The summed E-state index contributed by atoms with van der Waals surface area (Å²) < 4.78 is 5.37. The summed E-state index contributed by atoms with van der Waals surface area (Å²) >= 11 is 0. The molecule has 0 aromatic rings. The topological polar surface area (TPSA) is 81.6 Å². The number of carbonyl (C=O) groups is 1. The van der Waals surface area contributed by atoms with Gasteiger partial charge in [0.05, 0.1) is 5.41 Å². The van der Waals surface area contributed by atoms with Crippen LogP contribution in [0.2, 0.25) is 0 Å². The van der Waals surface area contributed by atoms with Gasteiger partial charge in [-0.25, -0.2) is 0 Å². The van der Waals surface area contributed by atoms with Crippen LogP contribution in [0.5, 0.6) is 0 Å². The molecule has 1 atom stereocenters. The van der Waals surface area contributed by atoms with E-state index < -0.39 is 16.5 Å². The molecule has 5 nitrogen and oxygen atoms in total. The lowest BCUT2D eigenvalue weighted by atomic mass is 9.67. The molecule has 0 aromatic heterocycles. The number of likely N-dealkylation sites (N-methyl/N-ethyl adjacent to an activating group) is 1. The molecule has 0 saturated heterocycles. The number of hydrogen-bond acceptors (Lipinski definition) is 5. The summed E-state index contributed by atoms with van der Waals surface area (Å²) in [6.07, 6.45) is 0.476. The Bertz CT molecular complexity index is 303. The Morgan fingerprint density at radius 1 is 1.11 bits per heavy atom. The molecule has 0 heterocycles. The Morgan fingerprint density at radius 3 is 1.89 bits per heavy atom. The van der Waals surface area contributed by atoms with E-state index in [0.29, 0.717) is 19.6 Å². The fraction of sp³-hybridized carbons (Fsp3) is 0.929. The number of esters is 1. The standard InChI is InChI=1S/C14H31N3O2/c1-12(2,15)10-14(5,13(3,4)16)11(18)19-9-8-17(6)7/h8-10,15-16H2,1-7H3. The fourth-order valence-corrected chi connectivity index (χ4v) is 1.95. The van der Waals surface area contributed by atoms with Crippen LogP contribution < -0.4 is 11.5 Å². The van der Waals surface area contributed by atoms with Gasteiger partial charge in [-0.1, -0.05) is 0 Å². The smallest absolute Gasteiger partial charge is 0.313 e. The molecule has 0 rings (SSSR count). The lowest BCUT2D eigenvalue weighted by molar-refractivity contribution is -0.160. The Kier molecular flexibility index (Phi) is 5.99. The molecular weight excluding hydrogens is 242 g/mol. The molecule has 0 radical (unpaired) electrons. The number of nitrogens with zero attached hydrogens (tertiary/aromatic N) is 1. The van der Waals surface area contributed by atoms with Gasteiger partial charge in [0, 0.05) is 17.6 Å². The van der Waals surface area contributed by atoms with E-state index in [1.165, 1.54) is 0 Å². The van der Waals surface area contributed by atoms with Crippen LogP contribution in [0.15, 0.2) is 0 Å². The van der Waals surface area contributed by atoms with Gasteiger partial charge in [-0.05, 0) is 55.1 Å². The second-order valence-corrected chi connectivity index (χ2v) is 7.16. The fourth-order valence-electron chi connectivity index (χ4n) is 1.95. The first kappa shape index (κ1) is 18.4. The largest absolute Gasteiger partial charge is 0.464 e. The molecular formula is C14H31N3O2. The van der Waals surface area contributed by atoms with Crippen LogP contribution in [0.4, 0.5) is 0 Å². The van der Waals surface area contributed by atoms with Crippen molar-refractivity contribution >= 4 is 5.97 Å². The molecule has 0 fully saturated rings. The van der Waals surface area contributed by atoms with E-state index in [2.05, 4.69) is 0 Å². The molecule has 0 bridgehead atoms. The molecule has 19 heavy (non-hydrogen) atoms. The summed E-state index contributed by atoms with van der Waals surface area (Å²) in [5.41, 5.74) is 10.3. The van der Waals surface area contributed by atoms with Crippen LogP contribution in [0.25, 0.3) is 0 Å². The van der Waals surface area contributed by atoms with Crippen molar-refractivity contribution in [3.8, 4) is 0 Å². The highest BCUT2D eigenvalue weighted by Gasteiger charge is 2.48. The summed E-state index contributed by atoms with van der Waals surface area (Å²) in [5, 5.41) is 0. The monoisotopic (exact) mass is 273 g/mol. The molecule has 1 unspecified atom stereocenters. The zero-order chi connectivity index (χ0) is 15.5. The van der Waals surface area contributed by atoms with Crippen LogP contribution >= 0.6 is 0 Å². The van der Waals surface area contributed by atoms with Crippen molar-refractivity contribution in [2.24, 2.45) is 16.9 Å². The van der Waals surface area contributed by atoms with Gasteiger partial charge in [-0.15, -0.1) is 0 Å².